The van der Waals surface area contributed by atoms with Crippen molar-refractivity contribution < 1.29 is 9.47 Å². The summed E-state index contributed by atoms with van der Waals surface area (Å²) in [5, 5.41) is 0. The number of hydrogen-bond donors (Lipinski definition) is 1. The van der Waals surface area contributed by atoms with E-state index in [0.29, 0.717) is 6.61 Å². The van der Waals surface area contributed by atoms with Crippen molar-refractivity contribution in [3.63, 3.8) is 0 Å². The van der Waals surface area contributed by atoms with Gasteiger partial charge < -0.3 is 15.2 Å². The van der Waals surface area contributed by atoms with E-state index in [1.54, 1.807) is 14.2 Å². The summed E-state index contributed by atoms with van der Waals surface area (Å²) < 4.78 is 10.2. The minimum atomic E-state index is -0.0879. The van der Waals surface area contributed by atoms with E-state index in [0.717, 1.165) is 16.9 Å². The van der Waals surface area contributed by atoms with E-state index in [9.17, 15) is 0 Å². The Morgan fingerprint density at radius 3 is 2.64 bits per heavy atom. The normalized spacial score (nSPS) is 12.6. The van der Waals surface area contributed by atoms with Gasteiger partial charge in [0.05, 0.1) is 19.8 Å². The summed E-state index contributed by atoms with van der Waals surface area (Å²) in [5.41, 5.74) is 8.19. The molecule has 3 nitrogen and oxygen atoms in total. The van der Waals surface area contributed by atoms with Gasteiger partial charge in [-0.15, -0.1) is 0 Å². The van der Waals surface area contributed by atoms with E-state index in [1.165, 1.54) is 0 Å². The van der Waals surface area contributed by atoms with Crippen molar-refractivity contribution in [2.45, 2.75) is 13.0 Å². The third-order valence-electron chi connectivity index (χ3n) is 2.23. The van der Waals surface area contributed by atoms with Crippen molar-refractivity contribution in [3.05, 3.63) is 29.3 Å². The Balaban J connectivity index is 2.93. The molecular formula is C11H17NO2. The topological polar surface area (TPSA) is 44.5 Å². The highest BCUT2D eigenvalue weighted by Crippen LogP contribution is 2.21. The van der Waals surface area contributed by atoms with Crippen molar-refractivity contribution in [1.29, 1.82) is 0 Å². The Labute approximate surface area is 84.8 Å². The summed E-state index contributed by atoms with van der Waals surface area (Å²) in [7, 11) is 3.30. The minimum Gasteiger partial charge on any atom is -0.497 e. The van der Waals surface area contributed by atoms with Crippen LogP contribution in [-0.2, 0) is 4.74 Å². The average Bonchev–Trinajstić information content (AvgIpc) is 2.19. The maximum Gasteiger partial charge on any atom is 0.119 e. The minimum absolute atomic E-state index is 0.0879. The van der Waals surface area contributed by atoms with E-state index in [-0.39, 0.29) is 6.04 Å². The van der Waals surface area contributed by atoms with Gasteiger partial charge >= 0.3 is 0 Å². The van der Waals surface area contributed by atoms with Gasteiger partial charge in [0, 0.05) is 7.11 Å². The molecule has 0 amide bonds. The number of ether oxygens (including phenoxy) is 2. The molecule has 0 spiro atoms. The van der Waals surface area contributed by atoms with Crippen LogP contribution >= 0.6 is 0 Å². The van der Waals surface area contributed by atoms with Gasteiger partial charge in [-0.2, -0.15) is 0 Å². The second-order valence-corrected chi connectivity index (χ2v) is 3.28. The first-order valence-electron chi connectivity index (χ1n) is 4.58. The van der Waals surface area contributed by atoms with Gasteiger partial charge in [0.1, 0.15) is 5.75 Å². The van der Waals surface area contributed by atoms with Crippen LogP contribution in [-0.4, -0.2) is 20.8 Å². The van der Waals surface area contributed by atoms with Crippen molar-refractivity contribution >= 4 is 0 Å². The van der Waals surface area contributed by atoms with Crippen LogP contribution in [0.15, 0.2) is 18.2 Å². The Bertz CT molecular complexity index is 299. The number of aryl methyl sites for hydroxylation is 1. The fourth-order valence-electron chi connectivity index (χ4n) is 1.41. The fraction of sp³-hybridized carbons (Fsp3) is 0.455. The highest BCUT2D eigenvalue weighted by atomic mass is 16.5. The zero-order chi connectivity index (χ0) is 10.6. The van der Waals surface area contributed by atoms with Gasteiger partial charge in [0.15, 0.2) is 0 Å². The summed E-state index contributed by atoms with van der Waals surface area (Å²) >= 11 is 0. The molecule has 0 heterocycles. The molecule has 1 rings (SSSR count). The lowest BCUT2D eigenvalue weighted by molar-refractivity contribution is 0.180. The molecule has 3 heteroatoms. The zero-order valence-electron chi connectivity index (χ0n) is 8.91. The summed E-state index contributed by atoms with van der Waals surface area (Å²) in [4.78, 5) is 0. The molecule has 0 unspecified atom stereocenters. The molecule has 0 fully saturated rings. The lowest BCUT2D eigenvalue weighted by Crippen LogP contribution is -2.17. The van der Waals surface area contributed by atoms with Crippen LogP contribution in [0.3, 0.4) is 0 Å². The van der Waals surface area contributed by atoms with E-state index in [4.69, 9.17) is 15.2 Å². The molecule has 2 N–H and O–H groups in total. The van der Waals surface area contributed by atoms with E-state index < -0.39 is 0 Å². The smallest absolute Gasteiger partial charge is 0.119 e. The largest absolute Gasteiger partial charge is 0.497 e. The second-order valence-electron chi connectivity index (χ2n) is 3.28. The van der Waals surface area contributed by atoms with Crippen molar-refractivity contribution in [2.75, 3.05) is 20.8 Å². The Morgan fingerprint density at radius 2 is 2.07 bits per heavy atom. The molecule has 1 aromatic rings. The summed E-state index contributed by atoms with van der Waals surface area (Å²) in [5.74, 6) is 0.831. The fourth-order valence-corrected chi connectivity index (χ4v) is 1.41. The molecule has 0 saturated carbocycles. The molecule has 78 valence electrons. The molecular weight excluding hydrogens is 178 g/mol. The van der Waals surface area contributed by atoms with Crippen LogP contribution in [0.25, 0.3) is 0 Å². The molecule has 14 heavy (non-hydrogen) atoms. The molecule has 0 aliphatic carbocycles. The van der Waals surface area contributed by atoms with Gasteiger partial charge in [-0.3, -0.25) is 0 Å². The molecule has 0 radical (unpaired) electrons. The highest BCUT2D eigenvalue weighted by molar-refractivity contribution is 5.36. The van der Waals surface area contributed by atoms with Crippen LogP contribution in [0.1, 0.15) is 17.2 Å². The number of nitrogens with two attached hydrogens (primary N) is 1. The molecule has 0 saturated heterocycles. The molecule has 1 atom stereocenters. The first kappa shape index (κ1) is 11.0. The zero-order valence-corrected chi connectivity index (χ0v) is 8.91. The Morgan fingerprint density at radius 1 is 1.36 bits per heavy atom. The monoisotopic (exact) mass is 195 g/mol. The second kappa shape index (κ2) is 4.98. The van der Waals surface area contributed by atoms with Crippen molar-refractivity contribution in [3.8, 4) is 5.75 Å². The third-order valence-corrected chi connectivity index (χ3v) is 2.23. The highest BCUT2D eigenvalue weighted by Gasteiger charge is 2.09. The molecule has 0 aromatic heterocycles. The molecule has 0 bridgehead atoms. The number of rotatable bonds is 4. The van der Waals surface area contributed by atoms with Crippen LogP contribution in [0.2, 0.25) is 0 Å². The van der Waals surface area contributed by atoms with E-state index in [1.807, 2.05) is 25.1 Å². The Hall–Kier alpha value is -1.06. The average molecular weight is 195 g/mol. The number of benzene rings is 1. The SMILES string of the molecule is COC[C@@H](N)c1cc(OC)ccc1C. The summed E-state index contributed by atoms with van der Waals surface area (Å²) in [6.45, 7) is 2.55. The van der Waals surface area contributed by atoms with Gasteiger partial charge in [-0.25, -0.2) is 0 Å². The first-order valence-corrected chi connectivity index (χ1v) is 4.58. The van der Waals surface area contributed by atoms with Crippen LogP contribution in [0, 0.1) is 6.92 Å². The van der Waals surface area contributed by atoms with E-state index >= 15 is 0 Å². The molecule has 0 aliphatic rings. The maximum atomic E-state index is 5.95. The molecule has 1 aromatic carbocycles. The van der Waals surface area contributed by atoms with Crippen LogP contribution < -0.4 is 10.5 Å². The van der Waals surface area contributed by atoms with Crippen LogP contribution in [0.4, 0.5) is 0 Å². The van der Waals surface area contributed by atoms with Crippen molar-refractivity contribution in [2.24, 2.45) is 5.73 Å². The summed E-state index contributed by atoms with van der Waals surface area (Å²) in [6.07, 6.45) is 0. The lowest BCUT2D eigenvalue weighted by atomic mass is 10.0. The van der Waals surface area contributed by atoms with Gasteiger partial charge in [0.25, 0.3) is 0 Å². The quantitative estimate of drug-likeness (QED) is 0.794. The first-order chi connectivity index (χ1) is 6.69. The standard InChI is InChI=1S/C11H17NO2/c1-8-4-5-9(14-3)6-10(8)11(12)7-13-2/h4-6,11H,7,12H2,1-3H3/t11-/m1/s1. The van der Waals surface area contributed by atoms with Gasteiger partial charge in [-0.05, 0) is 30.2 Å². The summed E-state index contributed by atoms with van der Waals surface area (Å²) in [6, 6.07) is 5.80. The van der Waals surface area contributed by atoms with Crippen LogP contribution in [0.5, 0.6) is 5.75 Å². The van der Waals surface area contributed by atoms with Crippen molar-refractivity contribution in [1.82, 2.24) is 0 Å². The number of hydrogen-bond acceptors (Lipinski definition) is 3. The Kier molecular flexibility index (Phi) is 3.92. The van der Waals surface area contributed by atoms with E-state index in [2.05, 4.69) is 0 Å². The van der Waals surface area contributed by atoms with Gasteiger partial charge in [-0.1, -0.05) is 6.07 Å². The number of methoxy groups -OCH3 is 2. The third kappa shape index (κ3) is 2.47. The lowest BCUT2D eigenvalue weighted by Gasteiger charge is -2.14. The van der Waals surface area contributed by atoms with Gasteiger partial charge in [0.2, 0.25) is 0 Å². The maximum absolute atomic E-state index is 5.95. The molecule has 0 aliphatic heterocycles. The predicted octanol–water partition coefficient (Wildman–Crippen LogP) is 1.65. The predicted molar refractivity (Wildman–Crippen MR) is 56.5 cm³/mol.